The molecule has 1 amide bonds. The van der Waals surface area contributed by atoms with Crippen molar-refractivity contribution in [3.63, 3.8) is 0 Å². The number of rotatable bonds is 10. The Bertz CT molecular complexity index is 935. The SMILES string of the molecule is CC(C)CC1(C)N=C(N)N(Cc2ccc(CC(=O)CCCc3ccccc3)cc2)C1=O. The molecule has 31 heavy (non-hydrogen) atoms. The molecule has 1 atom stereocenters. The van der Waals surface area contributed by atoms with Crippen LogP contribution in [-0.4, -0.2) is 28.1 Å². The van der Waals surface area contributed by atoms with Gasteiger partial charge in [0.15, 0.2) is 5.96 Å². The zero-order valence-electron chi connectivity index (χ0n) is 18.8. The summed E-state index contributed by atoms with van der Waals surface area (Å²) in [4.78, 5) is 31.2. The number of carbonyl (C=O) groups is 2. The van der Waals surface area contributed by atoms with Crippen molar-refractivity contribution >= 4 is 17.6 Å². The van der Waals surface area contributed by atoms with Gasteiger partial charge in [0.25, 0.3) is 5.91 Å². The molecular weight excluding hydrogens is 386 g/mol. The van der Waals surface area contributed by atoms with Crippen molar-refractivity contribution in [2.75, 3.05) is 0 Å². The van der Waals surface area contributed by atoms with Crippen molar-refractivity contribution in [3.8, 4) is 0 Å². The smallest absolute Gasteiger partial charge is 0.257 e. The van der Waals surface area contributed by atoms with Gasteiger partial charge in [-0.25, -0.2) is 4.99 Å². The van der Waals surface area contributed by atoms with Crippen LogP contribution in [0.25, 0.3) is 0 Å². The third-order valence-electron chi connectivity index (χ3n) is 5.68. The predicted octanol–water partition coefficient (Wildman–Crippen LogP) is 4.28. The summed E-state index contributed by atoms with van der Waals surface area (Å²) in [5.41, 5.74) is 8.52. The standard InChI is InChI=1S/C26H33N3O2/c1-19(2)17-26(3)24(31)29(25(27)28-26)18-22-14-12-21(13-15-22)16-23(30)11-7-10-20-8-5-4-6-9-20/h4-6,8-9,12-15,19H,7,10-11,16-18H2,1-3H3,(H2,27,28). The Morgan fingerprint density at radius 1 is 1.03 bits per heavy atom. The average molecular weight is 420 g/mol. The molecule has 0 saturated heterocycles. The number of hydrogen-bond acceptors (Lipinski definition) is 4. The third kappa shape index (κ3) is 6.03. The van der Waals surface area contributed by atoms with E-state index in [-0.39, 0.29) is 17.6 Å². The summed E-state index contributed by atoms with van der Waals surface area (Å²) in [5.74, 6) is 0.844. The van der Waals surface area contributed by atoms with Crippen molar-refractivity contribution in [2.24, 2.45) is 16.6 Å². The number of aryl methyl sites for hydroxylation is 1. The average Bonchev–Trinajstić information content (AvgIpc) is 2.92. The van der Waals surface area contributed by atoms with E-state index in [4.69, 9.17) is 5.73 Å². The Balaban J connectivity index is 1.50. The first-order valence-corrected chi connectivity index (χ1v) is 11.1. The lowest BCUT2D eigenvalue weighted by Crippen LogP contribution is -2.43. The molecule has 2 aromatic carbocycles. The molecule has 2 aromatic rings. The third-order valence-corrected chi connectivity index (χ3v) is 5.68. The lowest BCUT2D eigenvalue weighted by atomic mass is 9.91. The van der Waals surface area contributed by atoms with Gasteiger partial charge in [-0.3, -0.25) is 14.5 Å². The van der Waals surface area contributed by atoms with E-state index < -0.39 is 5.54 Å². The van der Waals surface area contributed by atoms with E-state index in [1.54, 1.807) is 4.90 Å². The Morgan fingerprint density at radius 3 is 2.32 bits per heavy atom. The van der Waals surface area contributed by atoms with Crippen LogP contribution in [0.15, 0.2) is 59.6 Å². The van der Waals surface area contributed by atoms with E-state index >= 15 is 0 Å². The fourth-order valence-corrected chi connectivity index (χ4v) is 4.23. The van der Waals surface area contributed by atoms with Crippen molar-refractivity contribution in [2.45, 2.75) is 65.0 Å². The van der Waals surface area contributed by atoms with E-state index in [1.807, 2.05) is 49.4 Å². The first-order valence-electron chi connectivity index (χ1n) is 11.1. The summed E-state index contributed by atoms with van der Waals surface area (Å²) in [6.45, 7) is 6.41. The maximum absolute atomic E-state index is 12.9. The molecule has 0 radical (unpaired) electrons. The van der Waals surface area contributed by atoms with Crippen LogP contribution in [0.5, 0.6) is 0 Å². The molecule has 1 aliphatic heterocycles. The van der Waals surface area contributed by atoms with Gasteiger partial charge in [-0.05, 0) is 48.8 Å². The largest absolute Gasteiger partial charge is 0.369 e. The number of guanidine groups is 1. The van der Waals surface area contributed by atoms with Gasteiger partial charge < -0.3 is 5.73 Å². The molecule has 0 fully saturated rings. The highest BCUT2D eigenvalue weighted by molar-refractivity contribution is 6.06. The van der Waals surface area contributed by atoms with Crippen molar-refractivity contribution in [1.82, 2.24) is 4.90 Å². The molecule has 5 nitrogen and oxygen atoms in total. The number of hydrogen-bond donors (Lipinski definition) is 1. The fourth-order valence-electron chi connectivity index (χ4n) is 4.23. The zero-order chi connectivity index (χ0) is 22.4. The van der Waals surface area contributed by atoms with Gasteiger partial charge >= 0.3 is 0 Å². The van der Waals surface area contributed by atoms with Crippen LogP contribution in [-0.2, 0) is 29.0 Å². The van der Waals surface area contributed by atoms with Crippen molar-refractivity contribution < 1.29 is 9.59 Å². The van der Waals surface area contributed by atoms with Crippen LogP contribution in [0.1, 0.15) is 56.7 Å². The number of aliphatic imine (C=N–C) groups is 1. The van der Waals surface area contributed by atoms with E-state index in [0.717, 1.165) is 24.0 Å². The minimum atomic E-state index is -0.773. The molecule has 0 aromatic heterocycles. The van der Waals surface area contributed by atoms with Gasteiger partial charge in [-0.15, -0.1) is 0 Å². The van der Waals surface area contributed by atoms with Crippen LogP contribution >= 0.6 is 0 Å². The van der Waals surface area contributed by atoms with E-state index in [2.05, 4.69) is 31.0 Å². The van der Waals surface area contributed by atoms with Crippen LogP contribution in [0.2, 0.25) is 0 Å². The van der Waals surface area contributed by atoms with Crippen LogP contribution < -0.4 is 5.73 Å². The molecule has 2 N–H and O–H groups in total. The van der Waals surface area contributed by atoms with Crippen molar-refractivity contribution in [3.05, 3.63) is 71.3 Å². The van der Waals surface area contributed by atoms with Gasteiger partial charge in [0.2, 0.25) is 0 Å². The number of nitrogens with two attached hydrogens (primary N) is 1. The number of Topliss-reactive ketones (excluding diaryl/α,β-unsaturated/α-hetero) is 1. The minimum absolute atomic E-state index is 0.0450. The Morgan fingerprint density at radius 2 is 1.68 bits per heavy atom. The van der Waals surface area contributed by atoms with E-state index in [1.165, 1.54) is 5.56 Å². The Kier molecular flexibility index (Phi) is 7.26. The fraction of sp³-hybridized carbons (Fsp3) is 0.423. The minimum Gasteiger partial charge on any atom is -0.369 e. The second-order valence-corrected chi connectivity index (χ2v) is 9.10. The predicted molar refractivity (Wildman–Crippen MR) is 125 cm³/mol. The molecule has 0 bridgehead atoms. The molecule has 5 heteroatoms. The molecule has 1 heterocycles. The zero-order valence-corrected chi connectivity index (χ0v) is 18.8. The second-order valence-electron chi connectivity index (χ2n) is 9.10. The van der Waals surface area contributed by atoms with E-state index in [0.29, 0.717) is 31.7 Å². The number of benzene rings is 2. The highest BCUT2D eigenvalue weighted by atomic mass is 16.2. The quantitative estimate of drug-likeness (QED) is 0.624. The molecule has 3 rings (SSSR count). The van der Waals surface area contributed by atoms with Gasteiger partial charge in [0.05, 0.1) is 6.54 Å². The van der Waals surface area contributed by atoms with E-state index in [9.17, 15) is 9.59 Å². The maximum Gasteiger partial charge on any atom is 0.257 e. The molecule has 1 aliphatic rings. The number of ketones is 1. The first kappa shape index (κ1) is 22.7. The lowest BCUT2D eigenvalue weighted by Gasteiger charge is -2.23. The van der Waals surface area contributed by atoms with Crippen LogP contribution in [0, 0.1) is 5.92 Å². The van der Waals surface area contributed by atoms with Gasteiger partial charge in [0.1, 0.15) is 11.3 Å². The summed E-state index contributed by atoms with van der Waals surface area (Å²) in [5, 5.41) is 0. The molecule has 0 spiro atoms. The highest BCUT2D eigenvalue weighted by Crippen LogP contribution is 2.29. The first-order chi connectivity index (χ1) is 14.8. The molecule has 0 saturated carbocycles. The summed E-state index contributed by atoms with van der Waals surface area (Å²) >= 11 is 0. The van der Waals surface area contributed by atoms with Crippen LogP contribution in [0.4, 0.5) is 0 Å². The van der Waals surface area contributed by atoms with Gasteiger partial charge in [0, 0.05) is 12.8 Å². The topological polar surface area (TPSA) is 75.8 Å². The number of nitrogens with zero attached hydrogens (tertiary/aromatic N) is 2. The normalized spacial score (nSPS) is 18.5. The highest BCUT2D eigenvalue weighted by Gasteiger charge is 2.43. The summed E-state index contributed by atoms with van der Waals surface area (Å²) in [7, 11) is 0. The summed E-state index contributed by atoms with van der Waals surface area (Å²) < 4.78 is 0. The molecular formula is C26H33N3O2. The van der Waals surface area contributed by atoms with Crippen LogP contribution in [0.3, 0.4) is 0 Å². The second kappa shape index (κ2) is 9.90. The maximum atomic E-state index is 12.9. The summed E-state index contributed by atoms with van der Waals surface area (Å²) in [6.07, 6.45) is 3.49. The van der Waals surface area contributed by atoms with Gasteiger partial charge in [-0.2, -0.15) is 0 Å². The summed E-state index contributed by atoms with van der Waals surface area (Å²) in [6, 6.07) is 18.1. The Hall–Kier alpha value is -2.95. The Labute approximate surface area is 185 Å². The molecule has 164 valence electrons. The number of amides is 1. The monoisotopic (exact) mass is 419 g/mol. The number of carbonyl (C=O) groups excluding carboxylic acids is 2. The van der Waals surface area contributed by atoms with Crippen molar-refractivity contribution in [1.29, 1.82) is 0 Å². The van der Waals surface area contributed by atoms with Gasteiger partial charge in [-0.1, -0.05) is 68.4 Å². The lowest BCUT2D eigenvalue weighted by molar-refractivity contribution is -0.131. The molecule has 1 unspecified atom stereocenters. The molecule has 0 aliphatic carbocycles.